The predicted octanol–water partition coefficient (Wildman–Crippen LogP) is 3.61. The summed E-state index contributed by atoms with van der Waals surface area (Å²) in [6.45, 7) is 15.3. The number of hydrogen-bond acceptors (Lipinski definition) is 1. The van der Waals surface area contributed by atoms with E-state index in [1.807, 2.05) is 0 Å². The molecule has 0 spiro atoms. The molecule has 0 bridgehead atoms. The summed E-state index contributed by atoms with van der Waals surface area (Å²) in [6, 6.07) is 0. The third kappa shape index (κ3) is 1.82. The molecule has 1 nitrogen and oxygen atoms in total. The lowest BCUT2D eigenvalue weighted by atomic mass is 9.81. The average Bonchev–Trinajstić information content (AvgIpc) is 1.97. The minimum Gasteiger partial charge on any atom is -0.258 e. The van der Waals surface area contributed by atoms with Crippen LogP contribution in [0.5, 0.6) is 0 Å². The maximum Gasteiger partial charge on any atom is 0.0416 e. The van der Waals surface area contributed by atoms with E-state index in [4.69, 9.17) is 0 Å². The van der Waals surface area contributed by atoms with E-state index in [0.717, 1.165) is 5.69 Å². The molecule has 0 N–H and O–H groups in total. The Bertz CT molecular complexity index is 356. The highest BCUT2D eigenvalue weighted by molar-refractivity contribution is 5.41. The van der Waals surface area contributed by atoms with Crippen molar-refractivity contribution in [1.82, 2.24) is 4.98 Å². The molecule has 1 heteroatoms. The highest BCUT2D eigenvalue weighted by Crippen LogP contribution is 2.30. The first-order chi connectivity index (χ1) is 6.25. The van der Waals surface area contributed by atoms with Crippen LogP contribution in [-0.2, 0) is 5.41 Å². The van der Waals surface area contributed by atoms with Gasteiger partial charge in [0.15, 0.2) is 0 Å². The summed E-state index contributed by atoms with van der Waals surface area (Å²) in [4.78, 5) is 4.60. The van der Waals surface area contributed by atoms with Crippen LogP contribution in [0.2, 0.25) is 0 Å². The van der Waals surface area contributed by atoms with Gasteiger partial charge in [-0.3, -0.25) is 4.98 Å². The molecule has 1 aromatic heterocycles. The maximum absolute atomic E-state index is 4.60. The maximum atomic E-state index is 4.60. The lowest BCUT2D eigenvalue weighted by Crippen LogP contribution is -2.17. The van der Waals surface area contributed by atoms with Gasteiger partial charge in [0.05, 0.1) is 0 Å². The quantitative estimate of drug-likeness (QED) is 0.610. The molecular formula is C13H21N. The van der Waals surface area contributed by atoms with Crippen LogP contribution in [0.3, 0.4) is 0 Å². The SMILES string of the molecule is Cc1nc(C)c(C(C)(C)C)c(C)c1C. The fourth-order valence-electron chi connectivity index (χ4n) is 2.23. The first-order valence-electron chi connectivity index (χ1n) is 5.20. The molecule has 0 aliphatic carbocycles. The summed E-state index contributed by atoms with van der Waals surface area (Å²) in [6.07, 6.45) is 0. The number of pyridine rings is 1. The number of aryl methyl sites for hydroxylation is 2. The Morgan fingerprint density at radius 1 is 0.786 bits per heavy atom. The number of aromatic nitrogens is 1. The van der Waals surface area contributed by atoms with Gasteiger partial charge in [-0.1, -0.05) is 20.8 Å². The molecular weight excluding hydrogens is 170 g/mol. The molecule has 1 heterocycles. The highest BCUT2D eigenvalue weighted by Gasteiger charge is 2.21. The fourth-order valence-corrected chi connectivity index (χ4v) is 2.23. The van der Waals surface area contributed by atoms with Crippen molar-refractivity contribution in [3.8, 4) is 0 Å². The summed E-state index contributed by atoms with van der Waals surface area (Å²) in [5.74, 6) is 0. The van der Waals surface area contributed by atoms with E-state index < -0.39 is 0 Å². The molecule has 1 aromatic rings. The Hall–Kier alpha value is -0.850. The van der Waals surface area contributed by atoms with Crippen LogP contribution >= 0.6 is 0 Å². The molecule has 0 unspecified atom stereocenters. The normalized spacial score (nSPS) is 11.9. The molecule has 78 valence electrons. The average molecular weight is 191 g/mol. The first-order valence-corrected chi connectivity index (χ1v) is 5.20. The van der Waals surface area contributed by atoms with Crippen molar-refractivity contribution >= 4 is 0 Å². The van der Waals surface area contributed by atoms with Gasteiger partial charge < -0.3 is 0 Å². The van der Waals surface area contributed by atoms with Gasteiger partial charge in [-0.15, -0.1) is 0 Å². The van der Waals surface area contributed by atoms with Crippen molar-refractivity contribution < 1.29 is 0 Å². The molecule has 0 fully saturated rings. The lowest BCUT2D eigenvalue weighted by Gasteiger charge is -2.25. The summed E-state index contributed by atoms with van der Waals surface area (Å²) < 4.78 is 0. The molecule has 0 aliphatic heterocycles. The zero-order valence-electron chi connectivity index (χ0n) is 10.4. The third-order valence-electron chi connectivity index (χ3n) is 2.93. The molecule has 0 aromatic carbocycles. The van der Waals surface area contributed by atoms with E-state index >= 15 is 0 Å². The van der Waals surface area contributed by atoms with Crippen LogP contribution in [0.1, 0.15) is 48.8 Å². The van der Waals surface area contributed by atoms with Crippen molar-refractivity contribution in [3.63, 3.8) is 0 Å². The van der Waals surface area contributed by atoms with Gasteiger partial charge in [0.2, 0.25) is 0 Å². The van der Waals surface area contributed by atoms with E-state index in [1.54, 1.807) is 0 Å². The van der Waals surface area contributed by atoms with Gasteiger partial charge in [0.25, 0.3) is 0 Å². The fraction of sp³-hybridized carbons (Fsp3) is 0.615. The molecule has 0 aliphatic rings. The van der Waals surface area contributed by atoms with Crippen LogP contribution in [-0.4, -0.2) is 4.98 Å². The van der Waals surface area contributed by atoms with Gasteiger partial charge in [-0.25, -0.2) is 0 Å². The largest absolute Gasteiger partial charge is 0.258 e. The van der Waals surface area contributed by atoms with Gasteiger partial charge in [-0.2, -0.15) is 0 Å². The summed E-state index contributed by atoms with van der Waals surface area (Å²) in [5, 5.41) is 0. The summed E-state index contributed by atoms with van der Waals surface area (Å²) >= 11 is 0. The molecule has 0 radical (unpaired) electrons. The molecule has 1 rings (SSSR count). The van der Waals surface area contributed by atoms with Gasteiger partial charge in [-0.05, 0) is 49.8 Å². The van der Waals surface area contributed by atoms with E-state index in [1.165, 1.54) is 22.4 Å². The standard InChI is InChI=1S/C13H21N/c1-8-9(2)12(13(5,6)7)11(4)14-10(8)3/h1-7H3. The zero-order valence-corrected chi connectivity index (χ0v) is 10.4. The van der Waals surface area contributed by atoms with E-state index in [9.17, 15) is 0 Å². The zero-order chi connectivity index (χ0) is 11.1. The molecule has 0 atom stereocenters. The van der Waals surface area contributed by atoms with Gasteiger partial charge >= 0.3 is 0 Å². The second-order valence-corrected chi connectivity index (χ2v) is 5.16. The molecule has 0 saturated carbocycles. The number of hydrogen-bond donors (Lipinski definition) is 0. The van der Waals surface area contributed by atoms with Crippen LogP contribution in [0, 0.1) is 27.7 Å². The minimum atomic E-state index is 0.194. The van der Waals surface area contributed by atoms with Crippen molar-refractivity contribution in [1.29, 1.82) is 0 Å². The van der Waals surface area contributed by atoms with Gasteiger partial charge in [0, 0.05) is 11.4 Å². The van der Waals surface area contributed by atoms with Crippen LogP contribution in [0.4, 0.5) is 0 Å². The summed E-state index contributed by atoms with van der Waals surface area (Å²) in [5.41, 5.74) is 6.68. The minimum absolute atomic E-state index is 0.194. The Morgan fingerprint density at radius 2 is 1.29 bits per heavy atom. The smallest absolute Gasteiger partial charge is 0.0416 e. The molecule has 0 amide bonds. The van der Waals surface area contributed by atoms with E-state index in [-0.39, 0.29) is 5.41 Å². The van der Waals surface area contributed by atoms with Crippen molar-refractivity contribution in [2.24, 2.45) is 0 Å². The van der Waals surface area contributed by atoms with Gasteiger partial charge in [0.1, 0.15) is 0 Å². The topological polar surface area (TPSA) is 12.9 Å². The van der Waals surface area contributed by atoms with Crippen LogP contribution in [0.25, 0.3) is 0 Å². The Morgan fingerprint density at radius 3 is 1.71 bits per heavy atom. The van der Waals surface area contributed by atoms with Crippen molar-refractivity contribution in [2.75, 3.05) is 0 Å². The van der Waals surface area contributed by atoms with Crippen LogP contribution in [0.15, 0.2) is 0 Å². The molecule has 14 heavy (non-hydrogen) atoms. The Balaban J connectivity index is 3.53. The highest BCUT2D eigenvalue weighted by atomic mass is 14.7. The summed E-state index contributed by atoms with van der Waals surface area (Å²) in [7, 11) is 0. The Kier molecular flexibility index (Phi) is 2.71. The second-order valence-electron chi connectivity index (χ2n) is 5.16. The second kappa shape index (κ2) is 3.38. The lowest BCUT2D eigenvalue weighted by molar-refractivity contribution is 0.576. The predicted molar refractivity (Wildman–Crippen MR) is 61.9 cm³/mol. The third-order valence-corrected chi connectivity index (χ3v) is 2.93. The van der Waals surface area contributed by atoms with Crippen molar-refractivity contribution in [2.45, 2.75) is 53.9 Å². The molecule has 0 saturated heterocycles. The first kappa shape index (κ1) is 11.2. The number of nitrogens with zero attached hydrogens (tertiary/aromatic N) is 1. The van der Waals surface area contributed by atoms with Crippen LogP contribution < -0.4 is 0 Å². The Labute approximate surface area is 87.6 Å². The van der Waals surface area contributed by atoms with E-state index in [2.05, 4.69) is 53.5 Å². The monoisotopic (exact) mass is 191 g/mol. The van der Waals surface area contributed by atoms with Crippen molar-refractivity contribution in [3.05, 3.63) is 28.1 Å². The van der Waals surface area contributed by atoms with E-state index in [0.29, 0.717) is 0 Å². The number of rotatable bonds is 0.